The van der Waals surface area contributed by atoms with Crippen LogP contribution in [0.4, 0.5) is 0 Å². The number of ether oxygens (including phenoxy) is 1. The maximum Gasteiger partial charge on any atom is 0.350 e. The molecule has 0 N–H and O–H groups in total. The minimum Gasteiger partial charge on any atom is -0.496 e. The summed E-state index contributed by atoms with van der Waals surface area (Å²) in [4.78, 5) is 11.7. The standard InChI is InChI=1S/C15H17BrO3/c1-9(2)4-6-11-13(18-3)7-5-10-8-12(16)15(17)19-14(10)11/h5,7-9H,4,6H2,1-3H3. The highest BCUT2D eigenvalue weighted by atomic mass is 79.9. The van der Waals surface area contributed by atoms with E-state index in [0.717, 1.165) is 29.5 Å². The first-order valence-corrected chi connectivity index (χ1v) is 7.11. The van der Waals surface area contributed by atoms with Crippen molar-refractivity contribution in [1.82, 2.24) is 0 Å². The molecule has 0 fully saturated rings. The summed E-state index contributed by atoms with van der Waals surface area (Å²) in [6.07, 6.45) is 1.86. The molecule has 1 heterocycles. The molecule has 0 unspecified atom stereocenters. The molecule has 0 aliphatic heterocycles. The van der Waals surface area contributed by atoms with Gasteiger partial charge < -0.3 is 9.15 Å². The first-order chi connectivity index (χ1) is 9.02. The molecule has 2 aromatic rings. The summed E-state index contributed by atoms with van der Waals surface area (Å²) in [5, 5.41) is 0.908. The van der Waals surface area contributed by atoms with Crippen LogP contribution in [0.5, 0.6) is 5.75 Å². The van der Waals surface area contributed by atoms with Gasteiger partial charge in [-0.15, -0.1) is 0 Å². The zero-order chi connectivity index (χ0) is 14.0. The summed E-state index contributed by atoms with van der Waals surface area (Å²) < 4.78 is 11.2. The molecule has 0 aliphatic carbocycles. The Hall–Kier alpha value is -1.29. The number of rotatable bonds is 4. The van der Waals surface area contributed by atoms with Crippen LogP contribution in [0.2, 0.25) is 0 Å². The predicted octanol–water partition coefficient (Wildman–Crippen LogP) is 4.15. The third-order valence-electron chi connectivity index (χ3n) is 3.11. The van der Waals surface area contributed by atoms with E-state index in [1.54, 1.807) is 13.2 Å². The van der Waals surface area contributed by atoms with Gasteiger partial charge in [-0.3, -0.25) is 0 Å². The molecule has 19 heavy (non-hydrogen) atoms. The SMILES string of the molecule is COc1ccc2cc(Br)c(=O)oc2c1CCC(C)C. The molecule has 3 nitrogen and oxygen atoms in total. The number of fused-ring (bicyclic) bond motifs is 1. The van der Waals surface area contributed by atoms with Gasteiger partial charge in [0.1, 0.15) is 15.8 Å². The van der Waals surface area contributed by atoms with Crippen molar-refractivity contribution in [3.8, 4) is 5.75 Å². The number of aryl methyl sites for hydroxylation is 1. The highest BCUT2D eigenvalue weighted by Crippen LogP contribution is 2.30. The van der Waals surface area contributed by atoms with Crippen LogP contribution < -0.4 is 10.4 Å². The van der Waals surface area contributed by atoms with E-state index in [1.807, 2.05) is 12.1 Å². The Morgan fingerprint density at radius 2 is 2.11 bits per heavy atom. The van der Waals surface area contributed by atoms with Crippen LogP contribution in [0, 0.1) is 5.92 Å². The van der Waals surface area contributed by atoms with Crippen LogP contribution in [-0.4, -0.2) is 7.11 Å². The van der Waals surface area contributed by atoms with Crippen molar-refractivity contribution in [1.29, 1.82) is 0 Å². The number of benzene rings is 1. The Morgan fingerprint density at radius 3 is 2.74 bits per heavy atom. The van der Waals surface area contributed by atoms with Crippen molar-refractivity contribution in [2.75, 3.05) is 7.11 Å². The Balaban J connectivity index is 2.61. The Labute approximate surface area is 120 Å². The van der Waals surface area contributed by atoms with Gasteiger partial charge in [-0.25, -0.2) is 4.79 Å². The molecule has 4 heteroatoms. The monoisotopic (exact) mass is 324 g/mol. The van der Waals surface area contributed by atoms with Gasteiger partial charge in [-0.2, -0.15) is 0 Å². The molecule has 0 spiro atoms. The zero-order valence-electron chi connectivity index (χ0n) is 11.3. The number of halogens is 1. The summed E-state index contributed by atoms with van der Waals surface area (Å²) in [5.41, 5.74) is 1.25. The average Bonchev–Trinajstić information content (AvgIpc) is 2.37. The summed E-state index contributed by atoms with van der Waals surface area (Å²) in [5.74, 6) is 1.36. The summed E-state index contributed by atoms with van der Waals surface area (Å²) >= 11 is 3.20. The second kappa shape index (κ2) is 5.78. The summed E-state index contributed by atoms with van der Waals surface area (Å²) in [7, 11) is 1.64. The highest BCUT2D eigenvalue weighted by Gasteiger charge is 2.13. The molecule has 1 aromatic heterocycles. The second-order valence-electron chi connectivity index (χ2n) is 4.98. The van der Waals surface area contributed by atoms with E-state index in [2.05, 4.69) is 29.8 Å². The third kappa shape index (κ3) is 3.00. The molecule has 0 radical (unpaired) electrons. The topological polar surface area (TPSA) is 39.4 Å². The molecule has 1 aromatic carbocycles. The number of hydrogen-bond acceptors (Lipinski definition) is 3. The first kappa shape index (κ1) is 14.1. The molecular weight excluding hydrogens is 308 g/mol. The third-order valence-corrected chi connectivity index (χ3v) is 3.66. The molecule has 0 saturated heterocycles. The lowest BCUT2D eigenvalue weighted by Crippen LogP contribution is -2.03. The van der Waals surface area contributed by atoms with Crippen molar-refractivity contribution >= 4 is 26.9 Å². The largest absolute Gasteiger partial charge is 0.496 e. The van der Waals surface area contributed by atoms with Crippen molar-refractivity contribution in [3.05, 3.63) is 38.7 Å². The first-order valence-electron chi connectivity index (χ1n) is 6.32. The van der Waals surface area contributed by atoms with E-state index in [1.165, 1.54) is 0 Å². The van der Waals surface area contributed by atoms with E-state index >= 15 is 0 Å². The summed E-state index contributed by atoms with van der Waals surface area (Å²) in [6, 6.07) is 5.62. The maximum atomic E-state index is 11.7. The van der Waals surface area contributed by atoms with Gasteiger partial charge in [0.15, 0.2) is 0 Å². The number of hydrogen-bond donors (Lipinski definition) is 0. The van der Waals surface area contributed by atoms with Crippen molar-refractivity contribution in [3.63, 3.8) is 0 Å². The normalized spacial score (nSPS) is 11.2. The highest BCUT2D eigenvalue weighted by molar-refractivity contribution is 9.10. The Morgan fingerprint density at radius 1 is 1.37 bits per heavy atom. The van der Waals surface area contributed by atoms with E-state index in [-0.39, 0.29) is 5.63 Å². The van der Waals surface area contributed by atoms with Gasteiger partial charge in [-0.1, -0.05) is 13.8 Å². The van der Waals surface area contributed by atoms with E-state index in [9.17, 15) is 4.79 Å². The lowest BCUT2D eigenvalue weighted by Gasteiger charge is -2.12. The zero-order valence-corrected chi connectivity index (χ0v) is 12.9. The quantitative estimate of drug-likeness (QED) is 0.793. The fraction of sp³-hybridized carbons (Fsp3) is 0.400. The Bertz CT molecular complexity index is 644. The molecule has 0 bridgehead atoms. The minimum atomic E-state index is -0.355. The van der Waals surface area contributed by atoms with Crippen LogP contribution in [0.3, 0.4) is 0 Å². The van der Waals surface area contributed by atoms with Crippen molar-refractivity contribution in [2.45, 2.75) is 26.7 Å². The molecule has 0 aliphatic rings. The van der Waals surface area contributed by atoms with Gasteiger partial charge in [-0.05, 0) is 52.9 Å². The number of methoxy groups -OCH3 is 1. The molecule has 102 valence electrons. The van der Waals surface area contributed by atoms with E-state index < -0.39 is 0 Å². The van der Waals surface area contributed by atoms with Crippen molar-refractivity contribution < 1.29 is 9.15 Å². The predicted molar refractivity (Wildman–Crippen MR) is 79.9 cm³/mol. The Kier molecular flexibility index (Phi) is 4.30. The lowest BCUT2D eigenvalue weighted by molar-refractivity contribution is 0.406. The lowest BCUT2D eigenvalue weighted by atomic mass is 10.00. The molecule has 0 saturated carbocycles. The van der Waals surface area contributed by atoms with E-state index in [4.69, 9.17) is 9.15 Å². The van der Waals surface area contributed by atoms with Crippen LogP contribution >= 0.6 is 15.9 Å². The van der Waals surface area contributed by atoms with E-state index in [0.29, 0.717) is 16.0 Å². The molecule has 2 rings (SSSR count). The van der Waals surface area contributed by atoms with Gasteiger partial charge >= 0.3 is 5.63 Å². The average molecular weight is 325 g/mol. The van der Waals surface area contributed by atoms with Crippen LogP contribution in [0.25, 0.3) is 11.0 Å². The summed E-state index contributed by atoms with van der Waals surface area (Å²) in [6.45, 7) is 4.34. The smallest absolute Gasteiger partial charge is 0.350 e. The van der Waals surface area contributed by atoms with Crippen LogP contribution in [0.1, 0.15) is 25.8 Å². The van der Waals surface area contributed by atoms with Gasteiger partial charge in [0.2, 0.25) is 0 Å². The van der Waals surface area contributed by atoms with Crippen molar-refractivity contribution in [2.24, 2.45) is 5.92 Å². The fourth-order valence-corrected chi connectivity index (χ4v) is 2.39. The van der Waals surface area contributed by atoms with Crippen LogP contribution in [0.15, 0.2) is 31.9 Å². The van der Waals surface area contributed by atoms with Gasteiger partial charge in [0.05, 0.1) is 7.11 Å². The molecule has 0 atom stereocenters. The van der Waals surface area contributed by atoms with Crippen LogP contribution in [-0.2, 0) is 6.42 Å². The second-order valence-corrected chi connectivity index (χ2v) is 5.83. The fourth-order valence-electron chi connectivity index (χ4n) is 2.06. The van der Waals surface area contributed by atoms with Gasteiger partial charge in [0, 0.05) is 10.9 Å². The molecule has 0 amide bonds. The minimum absolute atomic E-state index is 0.355. The maximum absolute atomic E-state index is 11.7. The molecular formula is C15H17BrO3. The van der Waals surface area contributed by atoms with Gasteiger partial charge in [0.25, 0.3) is 0 Å².